The molecule has 0 saturated carbocycles. The van der Waals surface area contributed by atoms with Crippen molar-refractivity contribution in [2.75, 3.05) is 19.4 Å². The minimum absolute atomic E-state index is 0. The molecule has 0 aliphatic rings. The molecule has 11 heteroatoms. The first-order valence-electron chi connectivity index (χ1n) is 10.5. The Hall–Kier alpha value is -2.30. The number of hydrogen-bond acceptors (Lipinski definition) is 7. The molecular formula is C24H24BrCl2N5O2S. The van der Waals surface area contributed by atoms with Crippen LogP contribution < -0.4 is 14.8 Å². The predicted molar refractivity (Wildman–Crippen MR) is 145 cm³/mol. The van der Waals surface area contributed by atoms with Crippen LogP contribution in [0.3, 0.4) is 0 Å². The van der Waals surface area contributed by atoms with Crippen LogP contribution in [-0.4, -0.2) is 39.6 Å². The Labute approximate surface area is 228 Å². The zero-order valence-electron chi connectivity index (χ0n) is 18.9. The minimum atomic E-state index is 0. The third-order valence-corrected chi connectivity index (χ3v) is 6.63. The molecule has 35 heavy (non-hydrogen) atoms. The second kappa shape index (κ2) is 13.7. The Morgan fingerprint density at radius 2 is 1.83 bits per heavy atom. The lowest BCUT2D eigenvalue weighted by atomic mass is 10.2. The first kappa shape index (κ1) is 27.3. The van der Waals surface area contributed by atoms with Crippen molar-refractivity contribution in [3.8, 4) is 17.2 Å². The predicted octanol–water partition coefficient (Wildman–Crippen LogP) is 5.97. The molecule has 4 aromatic rings. The Kier molecular flexibility index (Phi) is 10.7. The molecule has 0 unspecified atom stereocenters. The van der Waals surface area contributed by atoms with Crippen molar-refractivity contribution in [3.63, 3.8) is 0 Å². The largest absolute Gasteiger partial charge is 0.493 e. The number of nitrogens with one attached hydrogen (secondary N) is 1. The van der Waals surface area contributed by atoms with E-state index >= 15 is 0 Å². The van der Waals surface area contributed by atoms with Gasteiger partial charge in [0.1, 0.15) is 6.61 Å². The summed E-state index contributed by atoms with van der Waals surface area (Å²) in [5, 5.41) is 16.9. The van der Waals surface area contributed by atoms with E-state index in [4.69, 9.17) is 21.1 Å². The number of benzene rings is 3. The van der Waals surface area contributed by atoms with E-state index in [9.17, 15) is 0 Å². The molecule has 1 heterocycles. The van der Waals surface area contributed by atoms with Gasteiger partial charge in [0.25, 0.3) is 0 Å². The standard InChI is InChI=1S/C24H23BrClN5O2S.ClH/c1-32-22-14-18(13-21(25)23(22)33-16-17-7-9-19(26)10-8-17)15-27-11-12-34-24-28-29-30-31(24)20-5-3-2-4-6-20;/h2-10,13-14,27H,11-12,15-16H2,1H3;1H. The highest BCUT2D eigenvalue weighted by Crippen LogP contribution is 2.37. The molecule has 0 spiro atoms. The van der Waals surface area contributed by atoms with Gasteiger partial charge in [-0.3, -0.25) is 0 Å². The number of tetrazole rings is 1. The summed E-state index contributed by atoms with van der Waals surface area (Å²) in [4.78, 5) is 0. The molecule has 7 nitrogen and oxygen atoms in total. The van der Waals surface area contributed by atoms with E-state index in [0.29, 0.717) is 29.7 Å². The second-order valence-corrected chi connectivity index (χ2v) is 9.61. The van der Waals surface area contributed by atoms with Crippen LogP contribution >= 0.6 is 51.7 Å². The van der Waals surface area contributed by atoms with Crippen molar-refractivity contribution in [1.82, 2.24) is 25.5 Å². The zero-order valence-corrected chi connectivity index (χ0v) is 22.8. The van der Waals surface area contributed by atoms with Gasteiger partial charge in [-0.05, 0) is 73.9 Å². The number of rotatable bonds is 11. The number of hydrogen-bond donors (Lipinski definition) is 1. The van der Waals surface area contributed by atoms with E-state index in [1.165, 1.54) is 0 Å². The first-order chi connectivity index (χ1) is 16.6. The molecule has 0 amide bonds. The van der Waals surface area contributed by atoms with Gasteiger partial charge in [-0.2, -0.15) is 4.68 Å². The molecule has 4 rings (SSSR count). The number of halogens is 3. The average molecular weight is 597 g/mol. The normalized spacial score (nSPS) is 10.6. The Balaban J connectivity index is 0.00000342. The number of methoxy groups -OCH3 is 1. The van der Waals surface area contributed by atoms with Crippen LogP contribution in [0.4, 0.5) is 0 Å². The van der Waals surface area contributed by atoms with Gasteiger partial charge in [-0.25, -0.2) is 0 Å². The SMILES string of the molecule is COc1cc(CNCCSc2nnnn2-c2ccccc2)cc(Br)c1OCc1ccc(Cl)cc1.Cl. The van der Waals surface area contributed by atoms with Crippen molar-refractivity contribution in [3.05, 3.63) is 87.4 Å². The van der Waals surface area contributed by atoms with E-state index in [1.54, 1.807) is 23.6 Å². The van der Waals surface area contributed by atoms with Crippen LogP contribution in [0.1, 0.15) is 11.1 Å². The van der Waals surface area contributed by atoms with Gasteiger partial charge in [-0.15, -0.1) is 17.5 Å². The molecule has 184 valence electrons. The van der Waals surface area contributed by atoms with E-state index in [-0.39, 0.29) is 12.4 Å². The van der Waals surface area contributed by atoms with Crippen LogP contribution in [0.2, 0.25) is 5.02 Å². The van der Waals surface area contributed by atoms with Crippen LogP contribution in [0.5, 0.6) is 11.5 Å². The highest BCUT2D eigenvalue weighted by atomic mass is 79.9. The smallest absolute Gasteiger partial charge is 0.214 e. The van der Waals surface area contributed by atoms with Gasteiger partial charge in [0.05, 0.1) is 17.3 Å². The quantitative estimate of drug-likeness (QED) is 0.169. The molecule has 0 aliphatic heterocycles. The maximum absolute atomic E-state index is 6.01. The summed E-state index contributed by atoms with van der Waals surface area (Å²) in [6.45, 7) is 1.90. The van der Waals surface area contributed by atoms with E-state index in [2.05, 4.69) is 36.8 Å². The molecule has 0 aliphatic carbocycles. The van der Waals surface area contributed by atoms with Crippen LogP contribution in [0.15, 0.2) is 76.4 Å². The summed E-state index contributed by atoms with van der Waals surface area (Å²) in [6.07, 6.45) is 0. The van der Waals surface area contributed by atoms with Crippen LogP contribution in [0.25, 0.3) is 5.69 Å². The summed E-state index contributed by atoms with van der Waals surface area (Å²) >= 11 is 11.2. The molecule has 1 N–H and O–H groups in total. The van der Waals surface area contributed by atoms with Gasteiger partial charge < -0.3 is 14.8 Å². The van der Waals surface area contributed by atoms with Crippen molar-refractivity contribution in [1.29, 1.82) is 0 Å². The van der Waals surface area contributed by atoms with Crippen molar-refractivity contribution < 1.29 is 9.47 Å². The molecule has 3 aromatic carbocycles. The van der Waals surface area contributed by atoms with E-state index in [1.807, 2.05) is 66.7 Å². The van der Waals surface area contributed by atoms with Gasteiger partial charge in [0, 0.05) is 23.9 Å². The lowest BCUT2D eigenvalue weighted by Crippen LogP contribution is -2.17. The van der Waals surface area contributed by atoms with E-state index in [0.717, 1.165) is 38.7 Å². The molecular weight excluding hydrogens is 573 g/mol. The molecule has 1 aromatic heterocycles. The van der Waals surface area contributed by atoms with E-state index < -0.39 is 0 Å². The second-order valence-electron chi connectivity index (χ2n) is 7.26. The molecule has 0 fully saturated rings. The third kappa shape index (κ3) is 7.59. The number of thioether (sulfide) groups is 1. The fourth-order valence-electron chi connectivity index (χ4n) is 3.20. The van der Waals surface area contributed by atoms with Crippen molar-refractivity contribution >= 4 is 51.7 Å². The fourth-order valence-corrected chi connectivity index (χ4v) is 4.72. The van der Waals surface area contributed by atoms with Gasteiger partial charge in [0.2, 0.25) is 5.16 Å². The maximum Gasteiger partial charge on any atom is 0.214 e. The lowest BCUT2D eigenvalue weighted by molar-refractivity contribution is 0.282. The monoisotopic (exact) mass is 595 g/mol. The van der Waals surface area contributed by atoms with Gasteiger partial charge in [0.15, 0.2) is 11.5 Å². The summed E-state index contributed by atoms with van der Waals surface area (Å²) in [6, 6.07) is 21.5. The van der Waals surface area contributed by atoms with Crippen LogP contribution in [-0.2, 0) is 13.2 Å². The van der Waals surface area contributed by atoms with Crippen LogP contribution in [0, 0.1) is 0 Å². The molecule has 0 bridgehead atoms. The molecule has 0 radical (unpaired) electrons. The Morgan fingerprint density at radius 1 is 1.06 bits per heavy atom. The van der Waals surface area contributed by atoms with Crippen molar-refractivity contribution in [2.45, 2.75) is 18.3 Å². The lowest BCUT2D eigenvalue weighted by Gasteiger charge is -2.15. The number of nitrogens with zero attached hydrogens (tertiary/aromatic N) is 4. The van der Waals surface area contributed by atoms with Crippen molar-refractivity contribution in [2.24, 2.45) is 0 Å². The average Bonchev–Trinajstić information content (AvgIpc) is 3.33. The number of para-hydroxylation sites is 1. The number of ether oxygens (including phenoxy) is 2. The van der Waals surface area contributed by atoms with Gasteiger partial charge >= 0.3 is 0 Å². The first-order valence-corrected chi connectivity index (χ1v) is 12.7. The Bertz CT molecular complexity index is 1210. The zero-order chi connectivity index (χ0) is 23.8. The molecule has 0 atom stereocenters. The fraction of sp³-hybridized carbons (Fsp3) is 0.208. The van der Waals surface area contributed by atoms with Gasteiger partial charge in [-0.1, -0.05) is 53.7 Å². The Morgan fingerprint density at radius 3 is 2.57 bits per heavy atom. The highest BCUT2D eigenvalue weighted by Gasteiger charge is 2.13. The summed E-state index contributed by atoms with van der Waals surface area (Å²) in [5.74, 6) is 2.18. The summed E-state index contributed by atoms with van der Waals surface area (Å²) in [5.41, 5.74) is 3.06. The highest BCUT2D eigenvalue weighted by molar-refractivity contribution is 9.10. The summed E-state index contributed by atoms with van der Waals surface area (Å²) in [7, 11) is 1.64. The molecule has 0 saturated heterocycles. The number of aromatic nitrogens is 4. The minimum Gasteiger partial charge on any atom is -0.493 e. The maximum atomic E-state index is 6.01. The third-order valence-electron chi connectivity index (χ3n) is 4.87. The summed E-state index contributed by atoms with van der Waals surface area (Å²) < 4.78 is 14.2. The topological polar surface area (TPSA) is 74.1 Å².